The van der Waals surface area contributed by atoms with Crippen molar-refractivity contribution >= 4 is 28.6 Å². The first-order chi connectivity index (χ1) is 6.09. The van der Waals surface area contributed by atoms with Gasteiger partial charge in [-0.2, -0.15) is 0 Å². The zero-order chi connectivity index (χ0) is 9.84. The lowest BCUT2D eigenvalue weighted by atomic mass is 10.4. The summed E-state index contributed by atoms with van der Waals surface area (Å²) in [6.07, 6.45) is 1.66. The van der Waals surface area contributed by atoms with Crippen molar-refractivity contribution in [2.75, 3.05) is 14.1 Å². The van der Waals surface area contributed by atoms with Crippen LogP contribution in [0.4, 0.5) is 5.13 Å². The van der Waals surface area contributed by atoms with Gasteiger partial charge in [-0.15, -0.1) is 11.3 Å². The number of carbonyl (C=O) groups is 1. The van der Waals surface area contributed by atoms with E-state index in [-0.39, 0.29) is 5.78 Å². The molecule has 0 N–H and O–H groups in total. The summed E-state index contributed by atoms with van der Waals surface area (Å²) in [6, 6.07) is 0. The molecular weight excluding hydrogens is 186 g/mol. The Morgan fingerprint density at radius 3 is 2.85 bits per heavy atom. The topological polar surface area (TPSA) is 45.6 Å². The van der Waals surface area contributed by atoms with Crippen LogP contribution in [0.15, 0.2) is 10.4 Å². The molecule has 0 spiro atoms. The number of aromatic nitrogens is 1. The molecule has 0 bridgehead atoms. The van der Waals surface area contributed by atoms with Crippen molar-refractivity contribution in [3.63, 3.8) is 0 Å². The molecular formula is C8H11N3OS. The fraction of sp³-hybridized carbons (Fsp3) is 0.375. The van der Waals surface area contributed by atoms with Gasteiger partial charge >= 0.3 is 0 Å². The van der Waals surface area contributed by atoms with Crippen molar-refractivity contribution < 1.29 is 4.79 Å². The second-order valence-corrected chi connectivity index (χ2v) is 3.62. The highest BCUT2D eigenvalue weighted by atomic mass is 32.1. The number of hydrogen-bond donors (Lipinski definition) is 0. The van der Waals surface area contributed by atoms with Crippen LogP contribution in [0, 0.1) is 0 Å². The number of carbonyl (C=O) groups excluding carboxylic acids is 1. The summed E-state index contributed by atoms with van der Waals surface area (Å²) >= 11 is 1.36. The molecule has 1 rings (SSSR count). The zero-order valence-corrected chi connectivity index (χ0v) is 8.63. The first kappa shape index (κ1) is 9.85. The molecule has 0 amide bonds. The minimum atomic E-state index is -0.0254. The number of aliphatic imine (C=N–C) groups is 1. The molecule has 0 aliphatic heterocycles. The van der Waals surface area contributed by atoms with Crippen molar-refractivity contribution in [2.24, 2.45) is 4.99 Å². The lowest BCUT2D eigenvalue weighted by Crippen LogP contribution is -2.06. The molecule has 4 nitrogen and oxygen atoms in total. The van der Waals surface area contributed by atoms with Gasteiger partial charge in [0, 0.05) is 26.4 Å². The molecule has 0 radical (unpaired) electrons. The van der Waals surface area contributed by atoms with Gasteiger partial charge in [-0.05, 0) is 0 Å². The first-order valence-electron chi connectivity index (χ1n) is 3.76. The Morgan fingerprint density at radius 2 is 2.38 bits per heavy atom. The van der Waals surface area contributed by atoms with E-state index in [0.29, 0.717) is 10.8 Å². The van der Waals surface area contributed by atoms with Crippen LogP contribution in [0.1, 0.15) is 17.4 Å². The van der Waals surface area contributed by atoms with E-state index in [4.69, 9.17) is 0 Å². The zero-order valence-electron chi connectivity index (χ0n) is 7.81. The largest absolute Gasteiger partial charge is 0.369 e. The molecule has 0 atom stereocenters. The van der Waals surface area contributed by atoms with Crippen molar-refractivity contribution in [2.45, 2.75) is 6.92 Å². The summed E-state index contributed by atoms with van der Waals surface area (Å²) in [4.78, 5) is 20.8. The van der Waals surface area contributed by atoms with E-state index in [0.717, 1.165) is 0 Å². The van der Waals surface area contributed by atoms with Gasteiger partial charge in [-0.1, -0.05) is 0 Å². The Hall–Kier alpha value is -1.23. The van der Waals surface area contributed by atoms with Gasteiger partial charge in [0.1, 0.15) is 5.69 Å². The van der Waals surface area contributed by atoms with Crippen molar-refractivity contribution in [3.05, 3.63) is 11.1 Å². The highest BCUT2D eigenvalue weighted by Crippen LogP contribution is 2.18. The summed E-state index contributed by atoms with van der Waals surface area (Å²) in [5.41, 5.74) is 0.482. The van der Waals surface area contributed by atoms with Crippen molar-refractivity contribution in [1.29, 1.82) is 0 Å². The summed E-state index contributed by atoms with van der Waals surface area (Å²) in [6.45, 7) is 1.49. The van der Waals surface area contributed by atoms with E-state index < -0.39 is 0 Å². The summed E-state index contributed by atoms with van der Waals surface area (Å²) in [5.74, 6) is -0.0254. The number of thiazole rings is 1. The molecule has 0 unspecified atom stereocenters. The van der Waals surface area contributed by atoms with Gasteiger partial charge in [-0.25, -0.2) is 9.98 Å². The second kappa shape index (κ2) is 4.13. The SMILES string of the molecule is CC(=O)c1csc(/N=C/N(C)C)n1. The molecule has 0 fully saturated rings. The molecule has 0 aromatic carbocycles. The molecule has 0 aliphatic rings. The number of nitrogens with zero attached hydrogens (tertiary/aromatic N) is 3. The van der Waals surface area contributed by atoms with E-state index in [2.05, 4.69) is 9.98 Å². The molecule has 70 valence electrons. The fourth-order valence-electron chi connectivity index (χ4n) is 0.650. The predicted molar refractivity (Wildman–Crippen MR) is 54.0 cm³/mol. The van der Waals surface area contributed by atoms with Crippen LogP contribution in [0.2, 0.25) is 0 Å². The minimum Gasteiger partial charge on any atom is -0.369 e. The summed E-state index contributed by atoms with van der Waals surface area (Å²) in [7, 11) is 3.76. The Kier molecular flexibility index (Phi) is 3.13. The standard InChI is InChI=1S/C8H11N3OS/c1-6(12)7-4-13-8(10-7)9-5-11(2)3/h4-5H,1-3H3/b9-5+. The van der Waals surface area contributed by atoms with E-state index >= 15 is 0 Å². The maximum absolute atomic E-state index is 10.9. The van der Waals surface area contributed by atoms with E-state index in [1.165, 1.54) is 18.3 Å². The highest BCUT2D eigenvalue weighted by molar-refractivity contribution is 7.13. The molecule has 1 aromatic rings. The van der Waals surface area contributed by atoms with Gasteiger partial charge in [-0.3, -0.25) is 4.79 Å². The van der Waals surface area contributed by atoms with Crippen LogP contribution < -0.4 is 0 Å². The molecule has 5 heteroatoms. The van der Waals surface area contributed by atoms with Gasteiger partial charge in [0.15, 0.2) is 5.78 Å². The molecule has 13 heavy (non-hydrogen) atoms. The van der Waals surface area contributed by atoms with Crippen LogP contribution in [-0.4, -0.2) is 36.1 Å². The average Bonchev–Trinajstić information content (AvgIpc) is 2.48. The predicted octanol–water partition coefficient (Wildman–Crippen LogP) is 1.57. The number of hydrogen-bond acceptors (Lipinski definition) is 4. The molecule has 0 saturated heterocycles. The summed E-state index contributed by atoms with van der Waals surface area (Å²) < 4.78 is 0. The Morgan fingerprint density at radius 1 is 1.69 bits per heavy atom. The quantitative estimate of drug-likeness (QED) is 0.420. The Bertz CT molecular complexity index is 330. The number of ketones is 1. The van der Waals surface area contributed by atoms with Crippen molar-refractivity contribution in [1.82, 2.24) is 9.88 Å². The van der Waals surface area contributed by atoms with Crippen LogP contribution in [0.3, 0.4) is 0 Å². The molecule has 1 heterocycles. The molecule has 0 saturated carbocycles. The third kappa shape index (κ3) is 2.95. The maximum atomic E-state index is 10.9. The number of rotatable bonds is 3. The van der Waals surface area contributed by atoms with E-state index in [1.807, 2.05) is 19.0 Å². The lowest BCUT2D eigenvalue weighted by Gasteiger charge is -1.99. The van der Waals surface area contributed by atoms with Gasteiger partial charge in [0.25, 0.3) is 0 Å². The van der Waals surface area contributed by atoms with E-state index in [9.17, 15) is 4.79 Å². The Labute approximate surface area is 80.9 Å². The van der Waals surface area contributed by atoms with Gasteiger partial charge < -0.3 is 4.90 Å². The molecule has 0 aliphatic carbocycles. The molecule has 1 aromatic heterocycles. The third-order valence-corrected chi connectivity index (χ3v) is 2.00. The average molecular weight is 197 g/mol. The summed E-state index contributed by atoms with van der Waals surface area (Å²) in [5, 5.41) is 2.32. The lowest BCUT2D eigenvalue weighted by molar-refractivity contribution is 0.101. The van der Waals surface area contributed by atoms with Crippen LogP contribution in [0.5, 0.6) is 0 Å². The van der Waals surface area contributed by atoms with E-state index in [1.54, 1.807) is 11.7 Å². The van der Waals surface area contributed by atoms with Gasteiger partial charge in [0.2, 0.25) is 5.13 Å². The number of Topliss-reactive ketones (excluding diaryl/α,β-unsaturated/α-hetero) is 1. The first-order valence-corrected chi connectivity index (χ1v) is 4.64. The van der Waals surface area contributed by atoms with Crippen molar-refractivity contribution in [3.8, 4) is 0 Å². The highest BCUT2D eigenvalue weighted by Gasteiger charge is 2.03. The van der Waals surface area contributed by atoms with Gasteiger partial charge in [0.05, 0.1) is 6.34 Å². The maximum Gasteiger partial charge on any atom is 0.211 e. The minimum absolute atomic E-state index is 0.0254. The van der Waals surface area contributed by atoms with Crippen LogP contribution >= 0.6 is 11.3 Å². The van der Waals surface area contributed by atoms with Crippen LogP contribution in [-0.2, 0) is 0 Å². The Balaban J connectivity index is 2.75. The smallest absolute Gasteiger partial charge is 0.211 e. The monoisotopic (exact) mass is 197 g/mol. The third-order valence-electron chi connectivity index (χ3n) is 1.25. The van der Waals surface area contributed by atoms with Crippen LogP contribution in [0.25, 0.3) is 0 Å². The second-order valence-electron chi connectivity index (χ2n) is 2.78. The normalized spacial score (nSPS) is 10.7. The fourth-order valence-corrected chi connectivity index (χ4v) is 1.34.